The van der Waals surface area contributed by atoms with E-state index in [1.54, 1.807) is 30.3 Å². The minimum Gasteiger partial charge on any atom is -0.379 e. The normalized spacial score (nSPS) is 14.4. The van der Waals surface area contributed by atoms with Gasteiger partial charge in [0.1, 0.15) is 0 Å². The number of amides is 1. The van der Waals surface area contributed by atoms with E-state index in [0.717, 1.165) is 31.2 Å². The summed E-state index contributed by atoms with van der Waals surface area (Å²) in [5, 5.41) is 12.5. The molecule has 146 valence electrons. The molecule has 5 nitrogen and oxygen atoms in total. The van der Waals surface area contributed by atoms with Crippen molar-refractivity contribution < 1.29 is 31.5 Å². The van der Waals surface area contributed by atoms with E-state index in [1.807, 2.05) is 0 Å². The second kappa shape index (κ2) is 7.69. The van der Waals surface area contributed by atoms with Gasteiger partial charge in [-0.3, -0.25) is 4.79 Å². The van der Waals surface area contributed by atoms with E-state index in [2.05, 4.69) is 5.32 Å². The molecule has 0 saturated heterocycles. The third-order valence-corrected chi connectivity index (χ3v) is 5.46. The molecule has 2 rings (SSSR count). The number of alkyl halides is 3. The van der Waals surface area contributed by atoms with Crippen LogP contribution in [0.4, 0.5) is 18.9 Å². The quantitative estimate of drug-likeness (QED) is 0.780. The number of hydrogen-bond donors (Lipinski definition) is 2. The van der Waals surface area contributed by atoms with Gasteiger partial charge in [0.2, 0.25) is 0 Å². The topological polar surface area (TPSA) is 83.5 Å². The average Bonchev–Trinajstić information content (AvgIpc) is 2.54. The lowest BCUT2D eigenvalue weighted by Crippen LogP contribution is -2.46. The first kappa shape index (κ1) is 20.9. The van der Waals surface area contributed by atoms with Crippen molar-refractivity contribution in [2.24, 2.45) is 0 Å². The van der Waals surface area contributed by atoms with Crippen LogP contribution in [-0.4, -0.2) is 30.8 Å². The predicted molar refractivity (Wildman–Crippen MR) is 94.6 cm³/mol. The third kappa shape index (κ3) is 6.07. The van der Waals surface area contributed by atoms with Crippen LogP contribution in [0.15, 0.2) is 54.6 Å². The number of anilines is 1. The maximum absolute atomic E-state index is 12.5. The number of benzene rings is 2. The van der Waals surface area contributed by atoms with Crippen molar-refractivity contribution in [3.05, 3.63) is 65.7 Å². The molecule has 0 heterocycles. The largest absolute Gasteiger partial charge is 0.416 e. The Morgan fingerprint density at radius 1 is 1.04 bits per heavy atom. The van der Waals surface area contributed by atoms with Crippen LogP contribution in [0.25, 0.3) is 0 Å². The SMILES string of the molecule is C[C@](O)(CS(=O)(=O)Cc1ccccc1)C(=O)Nc1ccc(C(F)(F)F)cc1. The first-order chi connectivity index (χ1) is 12.4. The molecule has 0 aromatic heterocycles. The maximum Gasteiger partial charge on any atom is 0.416 e. The molecule has 1 atom stereocenters. The van der Waals surface area contributed by atoms with Crippen LogP contribution in [0, 0.1) is 0 Å². The molecule has 1 amide bonds. The van der Waals surface area contributed by atoms with Gasteiger partial charge in [0.05, 0.1) is 17.1 Å². The summed E-state index contributed by atoms with van der Waals surface area (Å²) in [5.41, 5.74) is -2.63. The summed E-state index contributed by atoms with van der Waals surface area (Å²) < 4.78 is 62.2. The molecule has 0 spiro atoms. The predicted octanol–water partition coefficient (Wildman–Crippen LogP) is 3.01. The highest BCUT2D eigenvalue weighted by Crippen LogP contribution is 2.30. The summed E-state index contributed by atoms with van der Waals surface area (Å²) in [7, 11) is -3.82. The first-order valence-electron chi connectivity index (χ1n) is 7.84. The Morgan fingerprint density at radius 3 is 2.11 bits per heavy atom. The summed E-state index contributed by atoms with van der Waals surface area (Å²) in [6, 6.07) is 11.9. The van der Waals surface area contributed by atoms with E-state index in [4.69, 9.17) is 0 Å². The van der Waals surface area contributed by atoms with Crippen LogP contribution in [0.5, 0.6) is 0 Å². The summed E-state index contributed by atoms with van der Waals surface area (Å²) in [6.45, 7) is 1.04. The molecule has 2 aromatic carbocycles. The fraction of sp³-hybridized carbons (Fsp3) is 0.278. The zero-order valence-electron chi connectivity index (χ0n) is 14.3. The Labute approximate surface area is 154 Å². The number of aliphatic hydroxyl groups is 1. The minimum atomic E-state index is -4.51. The molecule has 0 fully saturated rings. The van der Waals surface area contributed by atoms with Crippen molar-refractivity contribution in [1.29, 1.82) is 0 Å². The fourth-order valence-electron chi connectivity index (χ4n) is 2.38. The number of rotatable bonds is 6. The van der Waals surface area contributed by atoms with Gasteiger partial charge in [-0.25, -0.2) is 8.42 Å². The molecule has 0 aliphatic heterocycles. The van der Waals surface area contributed by atoms with Gasteiger partial charge in [-0.15, -0.1) is 0 Å². The van der Waals surface area contributed by atoms with Crippen molar-refractivity contribution in [3.8, 4) is 0 Å². The van der Waals surface area contributed by atoms with Gasteiger partial charge < -0.3 is 10.4 Å². The van der Waals surface area contributed by atoms with E-state index in [-0.39, 0.29) is 11.4 Å². The minimum absolute atomic E-state index is 0.00809. The number of hydrogen-bond acceptors (Lipinski definition) is 4. The van der Waals surface area contributed by atoms with Crippen LogP contribution in [0.2, 0.25) is 0 Å². The molecule has 0 radical (unpaired) electrons. The lowest BCUT2D eigenvalue weighted by atomic mass is 10.1. The van der Waals surface area contributed by atoms with Crippen molar-refractivity contribution in [1.82, 2.24) is 0 Å². The third-order valence-electron chi connectivity index (χ3n) is 3.69. The van der Waals surface area contributed by atoms with Crippen LogP contribution >= 0.6 is 0 Å². The van der Waals surface area contributed by atoms with Gasteiger partial charge in [-0.1, -0.05) is 30.3 Å². The summed E-state index contributed by atoms with van der Waals surface area (Å²) >= 11 is 0. The van der Waals surface area contributed by atoms with Crippen LogP contribution in [0.1, 0.15) is 18.1 Å². The number of carbonyl (C=O) groups excluding carboxylic acids is 1. The van der Waals surface area contributed by atoms with E-state index in [1.165, 1.54) is 0 Å². The van der Waals surface area contributed by atoms with Gasteiger partial charge in [0.15, 0.2) is 15.4 Å². The Kier molecular flexibility index (Phi) is 5.96. The van der Waals surface area contributed by atoms with Gasteiger partial charge in [0, 0.05) is 5.69 Å². The number of halogens is 3. The molecule has 0 aliphatic rings. The van der Waals surface area contributed by atoms with Gasteiger partial charge in [-0.05, 0) is 36.8 Å². The lowest BCUT2D eigenvalue weighted by Gasteiger charge is -2.22. The smallest absolute Gasteiger partial charge is 0.379 e. The molecule has 9 heteroatoms. The highest BCUT2D eigenvalue weighted by Gasteiger charge is 2.36. The van der Waals surface area contributed by atoms with Gasteiger partial charge in [-0.2, -0.15) is 13.2 Å². The van der Waals surface area contributed by atoms with Crippen molar-refractivity contribution >= 4 is 21.4 Å². The van der Waals surface area contributed by atoms with Crippen molar-refractivity contribution in [2.75, 3.05) is 11.1 Å². The molecular formula is C18H18F3NO4S. The standard InChI is InChI=1S/C18H18F3NO4S/c1-17(24,12-27(25,26)11-13-5-3-2-4-6-13)16(23)22-15-9-7-14(8-10-15)18(19,20)21/h2-10,24H,11-12H2,1H3,(H,22,23)/t17-/m0/s1. The fourth-order valence-corrected chi connectivity index (χ4v) is 4.17. The van der Waals surface area contributed by atoms with Gasteiger partial charge >= 0.3 is 6.18 Å². The summed E-state index contributed by atoms with van der Waals surface area (Å²) in [5.74, 6) is -2.21. The van der Waals surface area contributed by atoms with E-state index in [0.29, 0.717) is 5.56 Å². The second-order valence-electron chi connectivity index (χ2n) is 6.32. The highest BCUT2D eigenvalue weighted by atomic mass is 32.2. The number of nitrogens with one attached hydrogen (secondary N) is 1. The lowest BCUT2D eigenvalue weighted by molar-refractivity contribution is -0.137. The molecule has 0 saturated carbocycles. The molecule has 0 unspecified atom stereocenters. The summed E-state index contributed by atoms with van der Waals surface area (Å²) in [6.07, 6.45) is -4.51. The Bertz CT molecular complexity index is 892. The van der Waals surface area contributed by atoms with Crippen molar-refractivity contribution in [2.45, 2.75) is 24.5 Å². The Balaban J connectivity index is 2.06. The maximum atomic E-state index is 12.5. The second-order valence-corrected chi connectivity index (χ2v) is 8.39. The number of sulfone groups is 1. The molecule has 0 bridgehead atoms. The molecule has 0 aliphatic carbocycles. The Hall–Kier alpha value is -2.39. The highest BCUT2D eigenvalue weighted by molar-refractivity contribution is 7.90. The molecule has 2 N–H and O–H groups in total. The van der Waals surface area contributed by atoms with Crippen LogP contribution < -0.4 is 5.32 Å². The van der Waals surface area contributed by atoms with E-state index < -0.39 is 38.8 Å². The molecular weight excluding hydrogens is 383 g/mol. The van der Waals surface area contributed by atoms with E-state index >= 15 is 0 Å². The van der Waals surface area contributed by atoms with Crippen LogP contribution in [0.3, 0.4) is 0 Å². The van der Waals surface area contributed by atoms with Crippen molar-refractivity contribution in [3.63, 3.8) is 0 Å². The van der Waals surface area contributed by atoms with Crippen LogP contribution in [-0.2, 0) is 26.6 Å². The summed E-state index contributed by atoms with van der Waals surface area (Å²) in [4.78, 5) is 12.2. The zero-order valence-corrected chi connectivity index (χ0v) is 15.1. The monoisotopic (exact) mass is 401 g/mol. The first-order valence-corrected chi connectivity index (χ1v) is 9.67. The average molecular weight is 401 g/mol. The van der Waals surface area contributed by atoms with E-state index in [9.17, 15) is 31.5 Å². The zero-order chi connectivity index (χ0) is 20.3. The number of carbonyl (C=O) groups is 1. The Morgan fingerprint density at radius 2 is 1.59 bits per heavy atom. The molecule has 2 aromatic rings. The molecule has 27 heavy (non-hydrogen) atoms. The van der Waals surface area contributed by atoms with Gasteiger partial charge in [0.25, 0.3) is 5.91 Å².